The molecule has 0 atom stereocenters. The van der Waals surface area contributed by atoms with Gasteiger partial charge in [-0.25, -0.2) is 0 Å². The van der Waals surface area contributed by atoms with Gasteiger partial charge in [-0.15, -0.1) is 0 Å². The van der Waals surface area contributed by atoms with Crippen LogP contribution in [-0.2, 0) is 11.3 Å². The van der Waals surface area contributed by atoms with E-state index in [1.54, 1.807) is 7.11 Å². The normalized spacial score (nSPS) is 24.8. The molecule has 1 N–H and O–H groups in total. The number of aromatic nitrogens is 2. The second-order valence-corrected chi connectivity index (χ2v) is 4.79. The van der Waals surface area contributed by atoms with Crippen molar-refractivity contribution in [1.29, 1.82) is 0 Å². The van der Waals surface area contributed by atoms with Crippen LogP contribution in [0.15, 0.2) is 12.3 Å². The Bertz CT molecular complexity index is 329. The van der Waals surface area contributed by atoms with Crippen LogP contribution in [0.2, 0.25) is 0 Å². The fourth-order valence-electron chi connectivity index (χ4n) is 1.93. The van der Waals surface area contributed by atoms with Crippen LogP contribution in [0, 0.1) is 0 Å². The second kappa shape index (κ2) is 4.97. The Morgan fingerprint density at radius 2 is 2.31 bits per heavy atom. The lowest BCUT2D eigenvalue weighted by atomic mass is 9.89. The molecular formula is C12H21N3O. The average molecular weight is 223 g/mol. The molecule has 1 fully saturated rings. The topological polar surface area (TPSA) is 39.1 Å². The van der Waals surface area contributed by atoms with Crippen molar-refractivity contribution in [1.82, 2.24) is 15.1 Å². The molecule has 0 spiro atoms. The lowest BCUT2D eigenvalue weighted by Crippen LogP contribution is -2.44. The maximum Gasteiger partial charge on any atom is 0.0762 e. The van der Waals surface area contributed by atoms with Gasteiger partial charge >= 0.3 is 0 Å². The first-order valence-electron chi connectivity index (χ1n) is 5.99. The zero-order valence-electron chi connectivity index (χ0n) is 10.3. The highest BCUT2D eigenvalue weighted by Gasteiger charge is 2.28. The molecule has 90 valence electrons. The Hall–Kier alpha value is -0.870. The zero-order valence-corrected chi connectivity index (χ0v) is 10.3. The van der Waals surface area contributed by atoms with E-state index < -0.39 is 0 Å². The first-order valence-corrected chi connectivity index (χ1v) is 5.99. The van der Waals surface area contributed by atoms with Crippen molar-refractivity contribution in [3.05, 3.63) is 18.0 Å². The molecule has 16 heavy (non-hydrogen) atoms. The summed E-state index contributed by atoms with van der Waals surface area (Å²) in [6.45, 7) is 5.14. The highest BCUT2D eigenvalue weighted by Crippen LogP contribution is 2.22. The summed E-state index contributed by atoms with van der Waals surface area (Å²) in [6, 6.07) is 3.13. The number of ether oxygens (including phenoxy) is 1. The van der Waals surface area contributed by atoms with Gasteiger partial charge in [-0.05, 0) is 32.8 Å². The second-order valence-electron chi connectivity index (χ2n) is 4.79. The van der Waals surface area contributed by atoms with Gasteiger partial charge in [-0.3, -0.25) is 4.68 Å². The molecule has 0 amide bonds. The molecule has 1 aromatic rings. The van der Waals surface area contributed by atoms with Crippen LogP contribution in [0.1, 0.15) is 38.4 Å². The van der Waals surface area contributed by atoms with E-state index in [1.165, 1.54) is 0 Å². The first-order chi connectivity index (χ1) is 7.69. The predicted octanol–water partition coefficient (Wildman–Crippen LogP) is 1.73. The molecule has 0 saturated heterocycles. The Balaban J connectivity index is 1.73. The molecule has 4 heteroatoms. The SMILES string of the molecule is COC1CC(NCc2ccn(C(C)C)n2)C1. The molecule has 0 radical (unpaired) electrons. The van der Waals surface area contributed by atoms with Crippen molar-refractivity contribution < 1.29 is 4.74 Å². The lowest BCUT2D eigenvalue weighted by molar-refractivity contribution is 0.0169. The fourth-order valence-corrected chi connectivity index (χ4v) is 1.93. The molecule has 1 aromatic heterocycles. The highest BCUT2D eigenvalue weighted by molar-refractivity contribution is 5.00. The third-order valence-electron chi connectivity index (χ3n) is 3.19. The Morgan fingerprint density at radius 1 is 1.56 bits per heavy atom. The number of nitrogens with zero attached hydrogens (tertiary/aromatic N) is 2. The summed E-state index contributed by atoms with van der Waals surface area (Å²) in [5.74, 6) is 0. The lowest BCUT2D eigenvalue weighted by Gasteiger charge is -2.34. The number of nitrogens with one attached hydrogen (secondary N) is 1. The van der Waals surface area contributed by atoms with Crippen LogP contribution in [0.3, 0.4) is 0 Å². The van der Waals surface area contributed by atoms with Crippen molar-refractivity contribution in [3.63, 3.8) is 0 Å². The summed E-state index contributed by atoms with van der Waals surface area (Å²) in [5.41, 5.74) is 1.12. The molecule has 1 aliphatic rings. The molecule has 4 nitrogen and oxygen atoms in total. The minimum atomic E-state index is 0.440. The quantitative estimate of drug-likeness (QED) is 0.826. The minimum Gasteiger partial charge on any atom is -0.381 e. The third kappa shape index (κ3) is 2.62. The molecular weight excluding hydrogens is 202 g/mol. The van der Waals surface area contributed by atoms with Gasteiger partial charge in [0, 0.05) is 31.9 Å². The number of rotatable bonds is 5. The predicted molar refractivity (Wildman–Crippen MR) is 63.3 cm³/mol. The van der Waals surface area contributed by atoms with Gasteiger partial charge < -0.3 is 10.1 Å². The maximum absolute atomic E-state index is 5.24. The van der Waals surface area contributed by atoms with E-state index >= 15 is 0 Å². The molecule has 0 bridgehead atoms. The highest BCUT2D eigenvalue weighted by atomic mass is 16.5. The molecule has 1 saturated carbocycles. The number of methoxy groups -OCH3 is 1. The van der Waals surface area contributed by atoms with Crippen LogP contribution in [0.4, 0.5) is 0 Å². The Labute approximate surface area is 97.0 Å². The summed E-state index contributed by atoms with van der Waals surface area (Å²) in [7, 11) is 1.78. The van der Waals surface area contributed by atoms with E-state index in [0.717, 1.165) is 25.1 Å². The summed E-state index contributed by atoms with van der Waals surface area (Å²) in [4.78, 5) is 0. The number of hydrogen-bond acceptors (Lipinski definition) is 3. The van der Waals surface area contributed by atoms with Crippen molar-refractivity contribution in [2.75, 3.05) is 7.11 Å². The summed E-state index contributed by atoms with van der Waals surface area (Å²) in [6.07, 6.45) is 4.76. The van der Waals surface area contributed by atoms with Crippen LogP contribution < -0.4 is 5.32 Å². The molecule has 1 heterocycles. The maximum atomic E-state index is 5.24. The Morgan fingerprint density at radius 3 is 2.88 bits per heavy atom. The van der Waals surface area contributed by atoms with Crippen LogP contribution in [-0.4, -0.2) is 29.0 Å². The van der Waals surface area contributed by atoms with Crippen molar-refractivity contribution in [2.24, 2.45) is 0 Å². The van der Waals surface area contributed by atoms with E-state index in [-0.39, 0.29) is 0 Å². The first kappa shape index (κ1) is 11.6. The molecule has 0 aromatic carbocycles. The van der Waals surface area contributed by atoms with Crippen molar-refractivity contribution in [3.8, 4) is 0 Å². The minimum absolute atomic E-state index is 0.440. The number of hydrogen-bond donors (Lipinski definition) is 1. The van der Waals surface area contributed by atoms with E-state index in [9.17, 15) is 0 Å². The third-order valence-corrected chi connectivity index (χ3v) is 3.19. The van der Waals surface area contributed by atoms with E-state index in [0.29, 0.717) is 18.2 Å². The molecule has 0 unspecified atom stereocenters. The van der Waals surface area contributed by atoms with Gasteiger partial charge in [-0.1, -0.05) is 0 Å². The van der Waals surface area contributed by atoms with E-state index in [1.807, 2.05) is 10.9 Å². The Kier molecular flexibility index (Phi) is 3.61. The smallest absolute Gasteiger partial charge is 0.0762 e. The van der Waals surface area contributed by atoms with Gasteiger partial charge in [-0.2, -0.15) is 5.10 Å². The molecule has 0 aliphatic heterocycles. The molecule has 1 aliphatic carbocycles. The van der Waals surface area contributed by atoms with Crippen LogP contribution in [0.5, 0.6) is 0 Å². The largest absolute Gasteiger partial charge is 0.381 e. The van der Waals surface area contributed by atoms with Gasteiger partial charge in [0.25, 0.3) is 0 Å². The van der Waals surface area contributed by atoms with Crippen molar-refractivity contribution in [2.45, 2.75) is 51.4 Å². The summed E-state index contributed by atoms with van der Waals surface area (Å²) in [5, 5.41) is 8.00. The van der Waals surface area contributed by atoms with Crippen LogP contribution >= 0.6 is 0 Å². The summed E-state index contributed by atoms with van der Waals surface area (Å²) < 4.78 is 7.24. The standard InChI is InChI=1S/C12H21N3O/c1-9(2)15-5-4-10(14-15)8-13-11-6-12(7-11)16-3/h4-5,9,11-13H,6-8H2,1-3H3. The van der Waals surface area contributed by atoms with Gasteiger partial charge in [0.1, 0.15) is 0 Å². The van der Waals surface area contributed by atoms with Gasteiger partial charge in [0.05, 0.1) is 11.8 Å². The van der Waals surface area contributed by atoms with Crippen LogP contribution in [0.25, 0.3) is 0 Å². The zero-order chi connectivity index (χ0) is 11.5. The average Bonchev–Trinajstić information content (AvgIpc) is 2.64. The van der Waals surface area contributed by atoms with Gasteiger partial charge in [0.2, 0.25) is 0 Å². The fraction of sp³-hybridized carbons (Fsp3) is 0.750. The van der Waals surface area contributed by atoms with Crippen molar-refractivity contribution >= 4 is 0 Å². The summed E-state index contributed by atoms with van der Waals surface area (Å²) >= 11 is 0. The van der Waals surface area contributed by atoms with Gasteiger partial charge in [0.15, 0.2) is 0 Å². The van der Waals surface area contributed by atoms with E-state index in [4.69, 9.17) is 4.74 Å². The monoisotopic (exact) mass is 223 g/mol. The van der Waals surface area contributed by atoms with E-state index in [2.05, 4.69) is 30.3 Å². The molecule has 2 rings (SSSR count).